The quantitative estimate of drug-likeness (QED) is 0.623. The molecule has 9 heteroatoms. The Hall–Kier alpha value is -2.91. The van der Waals surface area contributed by atoms with Crippen LogP contribution in [0.4, 0.5) is 5.69 Å². The van der Waals surface area contributed by atoms with Gasteiger partial charge in [0.15, 0.2) is 5.58 Å². The van der Waals surface area contributed by atoms with E-state index in [4.69, 9.17) is 4.42 Å². The van der Waals surface area contributed by atoms with Crippen molar-refractivity contribution in [2.24, 2.45) is 13.0 Å². The molecule has 0 saturated heterocycles. The first-order chi connectivity index (χ1) is 14.0. The van der Waals surface area contributed by atoms with Crippen LogP contribution in [0.5, 0.6) is 0 Å². The van der Waals surface area contributed by atoms with Crippen LogP contribution in [-0.2, 0) is 21.9 Å². The Morgan fingerprint density at radius 2 is 1.77 bits per heavy atom. The molecule has 1 heterocycles. The topological polar surface area (TPSA) is 110 Å². The fourth-order valence-corrected chi connectivity index (χ4v) is 4.41. The Labute approximate surface area is 174 Å². The number of fused-ring (bicyclic) bond motifs is 1. The number of hydrogen-bond donors (Lipinski definition) is 2. The van der Waals surface area contributed by atoms with Gasteiger partial charge in [-0.05, 0) is 55.2 Å². The minimum atomic E-state index is -4.03. The van der Waals surface area contributed by atoms with Gasteiger partial charge < -0.3 is 9.73 Å². The second-order valence-corrected chi connectivity index (χ2v) is 9.40. The van der Waals surface area contributed by atoms with Gasteiger partial charge in [0.05, 0.1) is 10.4 Å². The smallest absolute Gasteiger partial charge is 0.408 e. The maximum absolute atomic E-state index is 12.9. The zero-order valence-electron chi connectivity index (χ0n) is 17.5. The highest BCUT2D eigenvalue weighted by Crippen LogP contribution is 2.20. The van der Waals surface area contributed by atoms with Crippen LogP contribution in [0.1, 0.15) is 25.0 Å². The fourth-order valence-electron chi connectivity index (χ4n) is 3.05. The molecule has 0 aliphatic rings. The molecule has 8 nitrogen and oxygen atoms in total. The Morgan fingerprint density at radius 3 is 2.40 bits per heavy atom. The molecule has 1 atom stereocenters. The summed E-state index contributed by atoms with van der Waals surface area (Å²) in [7, 11) is -2.50. The lowest BCUT2D eigenvalue weighted by Crippen LogP contribution is -2.47. The van der Waals surface area contributed by atoms with Crippen molar-refractivity contribution in [1.29, 1.82) is 0 Å². The molecular weight excluding hydrogens is 406 g/mol. The molecule has 2 N–H and O–H groups in total. The zero-order valence-corrected chi connectivity index (χ0v) is 18.3. The highest BCUT2D eigenvalue weighted by Gasteiger charge is 2.29. The van der Waals surface area contributed by atoms with Gasteiger partial charge in [-0.15, -0.1) is 0 Å². The van der Waals surface area contributed by atoms with Crippen LogP contribution in [0.25, 0.3) is 11.1 Å². The predicted octanol–water partition coefficient (Wildman–Crippen LogP) is 2.69. The molecule has 3 rings (SSSR count). The average molecular weight is 432 g/mol. The molecule has 3 aromatic rings. The van der Waals surface area contributed by atoms with Crippen molar-refractivity contribution >= 4 is 32.7 Å². The number of oxazole rings is 1. The molecule has 160 valence electrons. The van der Waals surface area contributed by atoms with Gasteiger partial charge in [0.2, 0.25) is 15.9 Å². The number of carbonyl (C=O) groups is 1. The van der Waals surface area contributed by atoms with E-state index in [1.165, 1.54) is 29.8 Å². The van der Waals surface area contributed by atoms with Crippen molar-refractivity contribution in [3.8, 4) is 0 Å². The minimum absolute atomic E-state index is 0.0889. The summed E-state index contributed by atoms with van der Waals surface area (Å²) in [5, 5.41) is 2.78. The summed E-state index contributed by atoms with van der Waals surface area (Å²) in [6, 6.07) is 8.66. The van der Waals surface area contributed by atoms with E-state index in [1.54, 1.807) is 19.9 Å². The van der Waals surface area contributed by atoms with Gasteiger partial charge in [-0.2, -0.15) is 4.72 Å². The zero-order chi connectivity index (χ0) is 22.2. The summed E-state index contributed by atoms with van der Waals surface area (Å²) in [6.45, 7) is 7.42. The van der Waals surface area contributed by atoms with Crippen LogP contribution in [0.2, 0.25) is 0 Å². The molecule has 0 fully saturated rings. The molecule has 1 unspecified atom stereocenters. The Morgan fingerprint density at radius 1 is 1.07 bits per heavy atom. The molecule has 1 amide bonds. The number of anilines is 1. The normalized spacial score (nSPS) is 13.0. The molecule has 0 spiro atoms. The van der Waals surface area contributed by atoms with Crippen LogP contribution in [0, 0.1) is 19.8 Å². The highest BCUT2D eigenvalue weighted by atomic mass is 32.2. The molecule has 30 heavy (non-hydrogen) atoms. The van der Waals surface area contributed by atoms with Crippen molar-refractivity contribution in [2.45, 2.75) is 38.6 Å². The largest absolute Gasteiger partial charge is 0.419 e. The fraction of sp³-hybridized carbons (Fsp3) is 0.333. The van der Waals surface area contributed by atoms with Crippen LogP contribution >= 0.6 is 0 Å². The lowest BCUT2D eigenvalue weighted by molar-refractivity contribution is -0.118. The lowest BCUT2D eigenvalue weighted by Gasteiger charge is -2.22. The highest BCUT2D eigenvalue weighted by molar-refractivity contribution is 7.89. The number of aryl methyl sites for hydroxylation is 3. The minimum Gasteiger partial charge on any atom is -0.408 e. The second kappa shape index (κ2) is 8.08. The number of nitrogens with zero attached hydrogens (tertiary/aromatic N) is 1. The van der Waals surface area contributed by atoms with Crippen molar-refractivity contribution in [2.75, 3.05) is 5.32 Å². The number of rotatable bonds is 6. The molecule has 1 aromatic heterocycles. The molecule has 0 aliphatic heterocycles. The summed E-state index contributed by atoms with van der Waals surface area (Å²) in [5.41, 5.74) is 3.35. The van der Waals surface area contributed by atoms with Gasteiger partial charge in [-0.25, -0.2) is 13.2 Å². The summed E-state index contributed by atoms with van der Waals surface area (Å²) in [4.78, 5) is 24.4. The van der Waals surface area contributed by atoms with Crippen LogP contribution < -0.4 is 15.8 Å². The number of carbonyl (C=O) groups excluding carboxylic acids is 1. The first kappa shape index (κ1) is 21.8. The summed E-state index contributed by atoms with van der Waals surface area (Å²) < 4.78 is 34.7. The lowest BCUT2D eigenvalue weighted by atomic mass is 10.0. The van der Waals surface area contributed by atoms with Crippen LogP contribution in [-0.4, -0.2) is 24.9 Å². The number of sulfonamides is 1. The standard InChI is InChI=1S/C21H25N3O5S/c1-12(2)19(20(25)22-15-7-6-13(3)14(4)10-15)23-30(27,28)16-8-9-17-18(11-16)29-21(26)24(17)5/h6-12,19,23H,1-5H3,(H,22,25). The van der Waals surface area contributed by atoms with Crippen molar-refractivity contribution in [3.63, 3.8) is 0 Å². The Bertz CT molecular complexity index is 1270. The van der Waals surface area contributed by atoms with Crippen molar-refractivity contribution < 1.29 is 17.6 Å². The van der Waals surface area contributed by atoms with E-state index in [9.17, 15) is 18.0 Å². The van der Waals surface area contributed by atoms with Gasteiger partial charge in [0, 0.05) is 18.8 Å². The third kappa shape index (κ3) is 4.31. The van der Waals surface area contributed by atoms with Crippen molar-refractivity contribution in [1.82, 2.24) is 9.29 Å². The van der Waals surface area contributed by atoms with E-state index < -0.39 is 27.7 Å². The third-order valence-electron chi connectivity index (χ3n) is 5.08. The van der Waals surface area contributed by atoms with E-state index in [-0.39, 0.29) is 16.4 Å². The van der Waals surface area contributed by atoms with Gasteiger partial charge in [0.25, 0.3) is 0 Å². The van der Waals surface area contributed by atoms with E-state index >= 15 is 0 Å². The number of benzene rings is 2. The van der Waals surface area contributed by atoms with E-state index in [0.29, 0.717) is 11.2 Å². The predicted molar refractivity (Wildman–Crippen MR) is 115 cm³/mol. The summed E-state index contributed by atoms with van der Waals surface area (Å²) in [5.74, 6) is -1.34. The first-order valence-electron chi connectivity index (χ1n) is 9.49. The van der Waals surface area contributed by atoms with Gasteiger partial charge in [-0.3, -0.25) is 9.36 Å². The summed E-state index contributed by atoms with van der Waals surface area (Å²) >= 11 is 0. The Kier molecular flexibility index (Phi) is 5.87. The Balaban J connectivity index is 1.86. The van der Waals surface area contributed by atoms with E-state index in [0.717, 1.165) is 11.1 Å². The van der Waals surface area contributed by atoms with E-state index in [2.05, 4.69) is 10.0 Å². The first-order valence-corrected chi connectivity index (χ1v) is 11.0. The molecule has 0 saturated carbocycles. The van der Waals surface area contributed by atoms with Gasteiger partial charge in [-0.1, -0.05) is 19.9 Å². The maximum Gasteiger partial charge on any atom is 0.419 e. The SMILES string of the molecule is Cc1ccc(NC(=O)C(NS(=O)(=O)c2ccc3c(c2)oc(=O)n3C)C(C)C)cc1C. The molecule has 0 aliphatic carbocycles. The van der Waals surface area contributed by atoms with Gasteiger partial charge in [0.1, 0.15) is 6.04 Å². The van der Waals surface area contributed by atoms with Crippen LogP contribution in [0.15, 0.2) is 50.5 Å². The molecule has 2 aromatic carbocycles. The monoisotopic (exact) mass is 431 g/mol. The maximum atomic E-state index is 12.9. The van der Waals surface area contributed by atoms with Crippen LogP contribution in [0.3, 0.4) is 0 Å². The molecular formula is C21H25N3O5S. The number of hydrogen-bond acceptors (Lipinski definition) is 5. The average Bonchev–Trinajstić information content (AvgIpc) is 2.96. The molecule has 0 bridgehead atoms. The second-order valence-electron chi connectivity index (χ2n) is 7.69. The number of nitrogens with one attached hydrogen (secondary N) is 2. The molecule has 0 radical (unpaired) electrons. The van der Waals surface area contributed by atoms with E-state index in [1.807, 2.05) is 26.0 Å². The van der Waals surface area contributed by atoms with Gasteiger partial charge >= 0.3 is 5.76 Å². The number of aromatic nitrogens is 1. The summed E-state index contributed by atoms with van der Waals surface area (Å²) in [6.07, 6.45) is 0. The number of amides is 1. The van der Waals surface area contributed by atoms with Crippen molar-refractivity contribution in [3.05, 3.63) is 58.1 Å². The third-order valence-corrected chi connectivity index (χ3v) is 6.52.